The van der Waals surface area contributed by atoms with Gasteiger partial charge in [-0.25, -0.2) is 4.98 Å². The number of pyridine rings is 1. The number of aromatic nitrogens is 1. The molecule has 0 fully saturated rings. The van der Waals surface area contributed by atoms with Crippen LogP contribution in [0.15, 0.2) is 42.6 Å². The molecule has 1 atom stereocenters. The number of para-hydroxylation sites is 1. The third-order valence-electron chi connectivity index (χ3n) is 3.40. The number of hydrogen-bond acceptors (Lipinski definition) is 4. The van der Waals surface area contributed by atoms with Gasteiger partial charge in [-0.15, -0.1) is 0 Å². The minimum atomic E-state index is -0.267. The molecule has 1 aromatic carbocycles. The molecule has 0 saturated heterocycles. The molecule has 2 aromatic rings. The van der Waals surface area contributed by atoms with Crippen LogP contribution in [-0.2, 0) is 11.2 Å². The number of carbonyl (C=O) groups excluding carboxylic acids is 1. The van der Waals surface area contributed by atoms with Crippen LogP contribution in [0.5, 0.6) is 5.88 Å². The highest BCUT2D eigenvalue weighted by molar-refractivity contribution is 5.98. The number of hydrogen-bond donors (Lipinski definition) is 2. The maximum Gasteiger partial charge on any atom is 0.247 e. The summed E-state index contributed by atoms with van der Waals surface area (Å²) >= 11 is 0. The monoisotopic (exact) mass is 283 g/mol. The standard InChI is InChI=1S/C16H17N3O2/c1-2-21-16-13(8-5-9-17-16)19-15(20)14-10-11-6-3-4-7-12(11)18-14/h3-9,14,18H,2,10H2,1H3,(H,19,20). The molecule has 108 valence electrons. The number of nitrogens with one attached hydrogen (secondary N) is 2. The van der Waals surface area contributed by atoms with E-state index in [1.54, 1.807) is 18.3 Å². The van der Waals surface area contributed by atoms with Gasteiger partial charge in [0.1, 0.15) is 11.7 Å². The van der Waals surface area contributed by atoms with Gasteiger partial charge >= 0.3 is 0 Å². The van der Waals surface area contributed by atoms with Crippen molar-refractivity contribution in [1.29, 1.82) is 0 Å². The number of ether oxygens (including phenoxy) is 1. The second kappa shape index (κ2) is 5.83. The molecule has 5 nitrogen and oxygen atoms in total. The van der Waals surface area contributed by atoms with E-state index in [9.17, 15) is 4.79 Å². The van der Waals surface area contributed by atoms with Gasteiger partial charge in [0, 0.05) is 18.3 Å². The molecule has 0 aliphatic carbocycles. The van der Waals surface area contributed by atoms with Crippen LogP contribution in [-0.4, -0.2) is 23.5 Å². The van der Waals surface area contributed by atoms with Crippen molar-refractivity contribution in [3.8, 4) is 5.88 Å². The number of rotatable bonds is 4. The van der Waals surface area contributed by atoms with Gasteiger partial charge in [0.2, 0.25) is 11.8 Å². The second-order valence-electron chi connectivity index (χ2n) is 4.84. The lowest BCUT2D eigenvalue weighted by atomic mass is 10.1. The zero-order valence-corrected chi connectivity index (χ0v) is 11.8. The maximum absolute atomic E-state index is 12.4. The fourth-order valence-corrected chi connectivity index (χ4v) is 2.41. The Labute approximate surface area is 123 Å². The van der Waals surface area contributed by atoms with Gasteiger partial charge in [0.05, 0.1) is 6.61 Å². The zero-order valence-electron chi connectivity index (χ0n) is 11.8. The molecular weight excluding hydrogens is 266 g/mol. The molecule has 0 radical (unpaired) electrons. The Balaban J connectivity index is 1.71. The number of carbonyl (C=O) groups is 1. The summed E-state index contributed by atoms with van der Waals surface area (Å²) < 4.78 is 5.42. The van der Waals surface area contributed by atoms with E-state index < -0.39 is 0 Å². The summed E-state index contributed by atoms with van der Waals surface area (Å²) in [5.41, 5.74) is 2.78. The normalized spacial score (nSPS) is 16.0. The average Bonchev–Trinajstić information content (AvgIpc) is 2.93. The molecule has 1 unspecified atom stereocenters. The summed E-state index contributed by atoms with van der Waals surface area (Å²) in [5.74, 6) is 0.365. The highest BCUT2D eigenvalue weighted by Gasteiger charge is 2.26. The third kappa shape index (κ3) is 2.81. The Morgan fingerprint density at radius 2 is 2.24 bits per heavy atom. The number of benzene rings is 1. The first-order valence-electron chi connectivity index (χ1n) is 7.01. The van der Waals surface area contributed by atoms with Gasteiger partial charge in [-0.1, -0.05) is 18.2 Å². The summed E-state index contributed by atoms with van der Waals surface area (Å²) in [5, 5.41) is 6.12. The molecular formula is C16H17N3O2. The van der Waals surface area contributed by atoms with E-state index in [0.29, 0.717) is 24.6 Å². The highest BCUT2D eigenvalue weighted by atomic mass is 16.5. The van der Waals surface area contributed by atoms with Crippen LogP contribution in [0.1, 0.15) is 12.5 Å². The summed E-state index contributed by atoms with van der Waals surface area (Å²) in [7, 11) is 0. The molecule has 2 N–H and O–H groups in total. The van der Waals surface area contributed by atoms with E-state index in [0.717, 1.165) is 11.3 Å². The molecule has 1 aromatic heterocycles. The highest BCUT2D eigenvalue weighted by Crippen LogP contribution is 2.27. The van der Waals surface area contributed by atoms with E-state index in [-0.39, 0.29) is 11.9 Å². The topological polar surface area (TPSA) is 63.2 Å². The fraction of sp³-hybridized carbons (Fsp3) is 0.250. The van der Waals surface area contributed by atoms with Gasteiger partial charge in [-0.05, 0) is 30.7 Å². The van der Waals surface area contributed by atoms with Gasteiger partial charge in [0.25, 0.3) is 0 Å². The van der Waals surface area contributed by atoms with E-state index in [1.807, 2.05) is 31.2 Å². The van der Waals surface area contributed by atoms with Gasteiger partial charge in [-0.3, -0.25) is 4.79 Å². The minimum Gasteiger partial charge on any atom is -0.476 e. The molecule has 21 heavy (non-hydrogen) atoms. The summed E-state index contributed by atoms with van der Waals surface area (Å²) in [6.45, 7) is 2.39. The quantitative estimate of drug-likeness (QED) is 0.904. The van der Waals surface area contributed by atoms with Crippen LogP contribution in [0.4, 0.5) is 11.4 Å². The molecule has 1 amide bonds. The Kier molecular flexibility index (Phi) is 3.73. The van der Waals surface area contributed by atoms with E-state index in [2.05, 4.69) is 15.6 Å². The molecule has 0 bridgehead atoms. The molecule has 0 saturated carbocycles. The van der Waals surface area contributed by atoms with Crippen molar-refractivity contribution in [3.05, 3.63) is 48.2 Å². The smallest absolute Gasteiger partial charge is 0.247 e. The minimum absolute atomic E-state index is 0.0832. The fourth-order valence-electron chi connectivity index (χ4n) is 2.41. The van der Waals surface area contributed by atoms with Crippen molar-refractivity contribution in [2.75, 3.05) is 17.2 Å². The van der Waals surface area contributed by atoms with Gasteiger partial charge in [0.15, 0.2) is 0 Å². The van der Waals surface area contributed by atoms with Gasteiger partial charge < -0.3 is 15.4 Å². The van der Waals surface area contributed by atoms with Crippen LogP contribution >= 0.6 is 0 Å². The summed E-state index contributed by atoms with van der Waals surface area (Å²) in [4.78, 5) is 16.5. The number of amides is 1. The maximum atomic E-state index is 12.4. The Morgan fingerprint density at radius 1 is 1.38 bits per heavy atom. The van der Waals surface area contributed by atoms with Crippen molar-refractivity contribution in [2.45, 2.75) is 19.4 Å². The molecule has 0 spiro atoms. The van der Waals surface area contributed by atoms with Crippen LogP contribution in [0, 0.1) is 0 Å². The number of fused-ring (bicyclic) bond motifs is 1. The van der Waals surface area contributed by atoms with Crippen LogP contribution in [0.2, 0.25) is 0 Å². The zero-order chi connectivity index (χ0) is 14.7. The predicted octanol–water partition coefficient (Wildman–Crippen LogP) is 2.46. The van der Waals surface area contributed by atoms with Crippen molar-refractivity contribution in [3.63, 3.8) is 0 Å². The first-order valence-corrected chi connectivity index (χ1v) is 7.01. The molecule has 1 aliphatic heterocycles. The average molecular weight is 283 g/mol. The number of nitrogens with zero attached hydrogens (tertiary/aromatic N) is 1. The Hall–Kier alpha value is -2.56. The Bertz CT molecular complexity index is 632. The first kappa shape index (κ1) is 13.4. The van der Waals surface area contributed by atoms with Crippen LogP contribution < -0.4 is 15.4 Å². The summed E-state index contributed by atoms with van der Waals surface area (Å²) in [6.07, 6.45) is 2.33. The largest absolute Gasteiger partial charge is 0.476 e. The molecule has 3 rings (SSSR count). The SMILES string of the molecule is CCOc1ncccc1NC(=O)C1Cc2ccccc2N1. The van der Waals surface area contributed by atoms with Crippen LogP contribution in [0.3, 0.4) is 0 Å². The second-order valence-corrected chi connectivity index (χ2v) is 4.84. The van der Waals surface area contributed by atoms with E-state index >= 15 is 0 Å². The predicted molar refractivity (Wildman–Crippen MR) is 81.6 cm³/mol. The first-order chi connectivity index (χ1) is 10.3. The van der Waals surface area contributed by atoms with Crippen molar-refractivity contribution < 1.29 is 9.53 Å². The molecule has 2 heterocycles. The Morgan fingerprint density at radius 3 is 3.05 bits per heavy atom. The lowest BCUT2D eigenvalue weighted by Gasteiger charge is -2.14. The van der Waals surface area contributed by atoms with Crippen molar-refractivity contribution >= 4 is 17.3 Å². The molecule has 1 aliphatic rings. The van der Waals surface area contributed by atoms with Gasteiger partial charge in [-0.2, -0.15) is 0 Å². The molecule has 5 heteroatoms. The third-order valence-corrected chi connectivity index (χ3v) is 3.40. The van der Waals surface area contributed by atoms with Crippen molar-refractivity contribution in [1.82, 2.24) is 4.98 Å². The van der Waals surface area contributed by atoms with Crippen molar-refractivity contribution in [2.24, 2.45) is 0 Å². The lowest BCUT2D eigenvalue weighted by molar-refractivity contribution is -0.116. The van der Waals surface area contributed by atoms with E-state index in [4.69, 9.17) is 4.74 Å². The lowest BCUT2D eigenvalue weighted by Crippen LogP contribution is -2.33. The van der Waals surface area contributed by atoms with E-state index in [1.165, 1.54) is 0 Å². The summed E-state index contributed by atoms with van der Waals surface area (Å²) in [6, 6.07) is 11.3. The van der Waals surface area contributed by atoms with Crippen LogP contribution in [0.25, 0.3) is 0 Å². The number of anilines is 2.